The fraction of sp³-hybridized carbons (Fsp3) is 0.778. The van der Waals surface area contributed by atoms with E-state index in [9.17, 15) is 0 Å². The Bertz CT molecular complexity index is 101. The van der Waals surface area contributed by atoms with Gasteiger partial charge in [-0.05, 0) is 0 Å². The molecule has 10 heavy (non-hydrogen) atoms. The van der Waals surface area contributed by atoms with Crippen LogP contribution >= 0.6 is 0 Å². The van der Waals surface area contributed by atoms with Gasteiger partial charge < -0.3 is 6.08 Å². The van der Waals surface area contributed by atoms with Gasteiger partial charge in [-0.2, -0.15) is 5.92 Å². The molecule has 0 aliphatic carbocycles. The number of allylic oxidation sites excluding steroid dienone is 2. The van der Waals surface area contributed by atoms with Crippen molar-refractivity contribution >= 4 is 0 Å². The van der Waals surface area contributed by atoms with Gasteiger partial charge in [-0.3, -0.25) is 5.57 Å². The molecule has 57 valence electrons. The molecule has 0 amide bonds. The van der Waals surface area contributed by atoms with Crippen molar-refractivity contribution in [1.82, 2.24) is 0 Å². The summed E-state index contributed by atoms with van der Waals surface area (Å²) in [6, 6.07) is 0. The van der Waals surface area contributed by atoms with Gasteiger partial charge >= 0.3 is 0 Å². The van der Waals surface area contributed by atoms with E-state index in [0.717, 1.165) is 0 Å². The van der Waals surface area contributed by atoms with E-state index < -0.39 is 0 Å². The average Bonchev–Trinajstić information content (AvgIpc) is 1.63. The van der Waals surface area contributed by atoms with Gasteiger partial charge in [0.05, 0.1) is 0 Å². The fourth-order valence-corrected chi connectivity index (χ4v) is 0.622. The Balaban J connectivity index is 0. The van der Waals surface area contributed by atoms with E-state index in [1.54, 1.807) is 0 Å². The molecule has 1 radical (unpaired) electrons. The number of hydrogen-bond acceptors (Lipinski definition) is 0. The molecule has 0 nitrogen and oxygen atoms in total. The van der Waals surface area contributed by atoms with Crippen LogP contribution < -0.4 is 0 Å². The maximum Gasteiger partial charge on any atom is 0 e. The Morgan fingerprint density at radius 2 is 1.50 bits per heavy atom. The Morgan fingerprint density at radius 3 is 1.60 bits per heavy atom. The molecule has 0 atom stereocenters. The second-order valence-electron chi connectivity index (χ2n) is 3.14. The van der Waals surface area contributed by atoms with Gasteiger partial charge in [-0.25, -0.2) is 0 Å². The Morgan fingerprint density at radius 1 is 1.10 bits per heavy atom. The minimum atomic E-state index is 0. The maximum absolute atomic E-state index is 3.36. The Kier molecular flexibility index (Phi) is 8.80. The molecule has 0 aromatic heterocycles. The van der Waals surface area contributed by atoms with Crippen LogP contribution in [0.1, 0.15) is 34.6 Å². The summed E-state index contributed by atoms with van der Waals surface area (Å²) in [5, 5.41) is 0. The second kappa shape index (κ2) is 6.55. The molecule has 0 aromatic rings. The van der Waals surface area contributed by atoms with E-state index >= 15 is 0 Å². The van der Waals surface area contributed by atoms with Crippen molar-refractivity contribution < 1.29 is 32.7 Å². The third-order valence-electron chi connectivity index (χ3n) is 1.38. The zero-order valence-electron chi connectivity index (χ0n) is 7.73. The van der Waals surface area contributed by atoms with Crippen molar-refractivity contribution in [2.45, 2.75) is 34.6 Å². The first-order valence-corrected chi connectivity index (χ1v) is 3.64. The predicted molar refractivity (Wildman–Crippen MR) is 42.1 cm³/mol. The third kappa shape index (κ3) is 6.96. The molecule has 0 fully saturated rings. The first kappa shape index (κ1) is 13.4. The number of rotatable bonds is 2. The summed E-state index contributed by atoms with van der Waals surface area (Å²) in [6.07, 6.45) is 3.36. The predicted octanol–water partition coefficient (Wildman–Crippen LogP) is 3.05. The van der Waals surface area contributed by atoms with Crippen LogP contribution in [-0.4, -0.2) is 0 Å². The summed E-state index contributed by atoms with van der Waals surface area (Å²) in [5.74, 6) is 1.24. The van der Waals surface area contributed by atoms with Gasteiger partial charge in [0.1, 0.15) is 0 Å². The SMILES string of the molecule is CC(=[C-]C(C)C)C(C)C.[Y]. The molecule has 0 heterocycles. The molecule has 0 saturated heterocycles. The van der Waals surface area contributed by atoms with Crippen LogP contribution in [0.5, 0.6) is 0 Å². The first-order chi connectivity index (χ1) is 4.04. The summed E-state index contributed by atoms with van der Waals surface area (Å²) in [6.45, 7) is 10.9. The maximum atomic E-state index is 3.36. The van der Waals surface area contributed by atoms with Gasteiger partial charge in [0.15, 0.2) is 0 Å². The quantitative estimate of drug-likeness (QED) is 0.620. The van der Waals surface area contributed by atoms with Gasteiger partial charge in [-0.15, -0.1) is 0 Å². The van der Waals surface area contributed by atoms with E-state index in [1.807, 2.05) is 0 Å². The molecule has 0 saturated carbocycles. The van der Waals surface area contributed by atoms with Crippen LogP contribution in [0, 0.1) is 17.9 Å². The summed E-state index contributed by atoms with van der Waals surface area (Å²) in [7, 11) is 0. The van der Waals surface area contributed by atoms with Crippen LogP contribution in [-0.2, 0) is 32.7 Å². The van der Waals surface area contributed by atoms with Crippen LogP contribution in [0.2, 0.25) is 0 Å². The fourth-order valence-electron chi connectivity index (χ4n) is 0.622. The Hall–Kier alpha value is 0.844. The summed E-state index contributed by atoms with van der Waals surface area (Å²) >= 11 is 0. The summed E-state index contributed by atoms with van der Waals surface area (Å²) < 4.78 is 0. The third-order valence-corrected chi connectivity index (χ3v) is 1.38. The molecule has 0 bridgehead atoms. The molecule has 0 unspecified atom stereocenters. The van der Waals surface area contributed by atoms with Crippen LogP contribution in [0.4, 0.5) is 0 Å². The van der Waals surface area contributed by atoms with Crippen LogP contribution in [0.15, 0.2) is 5.57 Å². The first-order valence-electron chi connectivity index (χ1n) is 3.64. The van der Waals surface area contributed by atoms with Crippen molar-refractivity contribution in [3.8, 4) is 0 Å². The monoisotopic (exact) mass is 214 g/mol. The molecule has 0 rings (SSSR count). The molecule has 1 heteroatoms. The van der Waals surface area contributed by atoms with Crippen molar-refractivity contribution in [3.05, 3.63) is 11.6 Å². The summed E-state index contributed by atoms with van der Waals surface area (Å²) in [4.78, 5) is 0. The van der Waals surface area contributed by atoms with E-state index in [1.165, 1.54) is 5.57 Å². The summed E-state index contributed by atoms with van der Waals surface area (Å²) in [5.41, 5.74) is 1.38. The number of hydrogen-bond donors (Lipinski definition) is 0. The Labute approximate surface area is 90.4 Å². The van der Waals surface area contributed by atoms with Gasteiger partial charge in [0, 0.05) is 32.7 Å². The molecule has 0 aromatic carbocycles. The smallest absolute Gasteiger partial charge is 0 e. The minimum Gasteiger partial charge on any atom is -0.495 e. The van der Waals surface area contributed by atoms with E-state index in [2.05, 4.69) is 40.7 Å². The standard InChI is InChI=1S/C9H17.Y/c1-7(2)6-9(5)8(3)4;/h7-8H,1-5H3;/q-1;. The normalized spacial score (nSPS) is 12.1. The molecular formula is C9H17Y-. The van der Waals surface area contributed by atoms with Gasteiger partial charge in [-0.1, -0.05) is 40.5 Å². The van der Waals surface area contributed by atoms with Crippen molar-refractivity contribution in [3.63, 3.8) is 0 Å². The van der Waals surface area contributed by atoms with Gasteiger partial charge in [0.2, 0.25) is 0 Å². The average molecular weight is 214 g/mol. The van der Waals surface area contributed by atoms with Crippen molar-refractivity contribution in [1.29, 1.82) is 0 Å². The molecule has 0 aliphatic heterocycles. The molecule has 0 spiro atoms. The molecular weight excluding hydrogens is 197 g/mol. The molecule has 0 aliphatic rings. The molecule has 0 N–H and O–H groups in total. The minimum absolute atomic E-state index is 0. The zero-order chi connectivity index (χ0) is 7.44. The topological polar surface area (TPSA) is 0 Å². The van der Waals surface area contributed by atoms with Crippen molar-refractivity contribution in [2.24, 2.45) is 11.8 Å². The van der Waals surface area contributed by atoms with E-state index in [-0.39, 0.29) is 32.7 Å². The van der Waals surface area contributed by atoms with Crippen LogP contribution in [0.3, 0.4) is 0 Å². The second-order valence-corrected chi connectivity index (χ2v) is 3.14. The van der Waals surface area contributed by atoms with E-state index in [4.69, 9.17) is 0 Å². The van der Waals surface area contributed by atoms with E-state index in [0.29, 0.717) is 11.8 Å². The zero-order valence-corrected chi connectivity index (χ0v) is 10.6. The van der Waals surface area contributed by atoms with Gasteiger partial charge in [0.25, 0.3) is 0 Å². The largest absolute Gasteiger partial charge is 0.495 e. The van der Waals surface area contributed by atoms with Crippen LogP contribution in [0.25, 0.3) is 0 Å². The van der Waals surface area contributed by atoms with Crippen molar-refractivity contribution in [2.75, 3.05) is 0 Å².